The van der Waals surface area contributed by atoms with Crippen molar-refractivity contribution in [1.82, 2.24) is 0 Å². The average molecular weight is 161 g/mol. The first-order valence-electron chi connectivity index (χ1n) is 3.03. The van der Waals surface area contributed by atoms with Gasteiger partial charge in [-0.25, -0.2) is 0 Å². The molecule has 0 bridgehead atoms. The molecular formula is C7H13ClN2. The summed E-state index contributed by atoms with van der Waals surface area (Å²) >= 11 is 0. The Bertz CT molecular complexity index is 161. The molecule has 0 saturated carbocycles. The molecule has 0 radical (unpaired) electrons. The maximum atomic E-state index is 5.76. The van der Waals surface area contributed by atoms with E-state index in [9.17, 15) is 0 Å². The van der Waals surface area contributed by atoms with Crippen LogP contribution < -0.4 is 11.5 Å². The fourth-order valence-corrected chi connectivity index (χ4v) is 0.765. The predicted octanol–water partition coefficient (Wildman–Crippen LogP) is 0.579. The monoisotopic (exact) mass is 160 g/mol. The zero-order valence-corrected chi connectivity index (χ0v) is 6.77. The summed E-state index contributed by atoms with van der Waals surface area (Å²) in [6, 6.07) is -0.0394. The van der Waals surface area contributed by atoms with E-state index in [1.165, 1.54) is 0 Å². The van der Waals surface area contributed by atoms with E-state index >= 15 is 0 Å². The van der Waals surface area contributed by atoms with Gasteiger partial charge in [0, 0.05) is 6.04 Å². The molecule has 10 heavy (non-hydrogen) atoms. The molecular weight excluding hydrogens is 148 g/mol. The molecule has 2 atom stereocenters. The minimum atomic E-state index is -0.352. The molecule has 0 saturated heterocycles. The largest absolute Gasteiger partial charge is 0.323 e. The van der Waals surface area contributed by atoms with Gasteiger partial charge in [-0.2, -0.15) is 0 Å². The first-order chi connectivity index (χ1) is 4.13. The minimum absolute atomic E-state index is 0. The first kappa shape index (κ1) is 9.69. The van der Waals surface area contributed by atoms with Gasteiger partial charge in [-0.05, 0) is 6.92 Å². The fraction of sp³-hybridized carbons (Fsp3) is 0.429. The third-order valence-corrected chi connectivity index (χ3v) is 1.60. The van der Waals surface area contributed by atoms with Crippen molar-refractivity contribution in [2.24, 2.45) is 11.5 Å². The second-order valence-electron chi connectivity index (χ2n) is 2.64. The van der Waals surface area contributed by atoms with E-state index in [0.29, 0.717) is 0 Å². The van der Waals surface area contributed by atoms with Crippen LogP contribution in [0.25, 0.3) is 0 Å². The highest BCUT2D eigenvalue weighted by atomic mass is 35.5. The van der Waals surface area contributed by atoms with Crippen molar-refractivity contribution in [2.75, 3.05) is 0 Å². The van der Waals surface area contributed by atoms with E-state index in [0.717, 1.165) is 0 Å². The van der Waals surface area contributed by atoms with Gasteiger partial charge in [-0.3, -0.25) is 0 Å². The van der Waals surface area contributed by atoms with E-state index in [2.05, 4.69) is 0 Å². The molecule has 2 unspecified atom stereocenters. The molecule has 1 aliphatic carbocycles. The number of allylic oxidation sites excluding steroid dienone is 2. The lowest BCUT2D eigenvalue weighted by molar-refractivity contribution is 0.515. The standard InChI is InChI=1S/C7H12N2.ClH/c1-7(9)5-3-2-4-6(7)8;/h2-6H,8-9H2,1H3;1H. The smallest absolute Gasteiger partial charge is 0.0503 e. The Morgan fingerprint density at radius 1 is 1.40 bits per heavy atom. The third-order valence-electron chi connectivity index (χ3n) is 1.60. The molecule has 1 aliphatic rings. The molecule has 0 aliphatic heterocycles. The van der Waals surface area contributed by atoms with Gasteiger partial charge in [0.15, 0.2) is 0 Å². The van der Waals surface area contributed by atoms with E-state index < -0.39 is 0 Å². The van der Waals surface area contributed by atoms with Gasteiger partial charge in [0.1, 0.15) is 0 Å². The molecule has 0 heterocycles. The first-order valence-corrected chi connectivity index (χ1v) is 3.03. The minimum Gasteiger partial charge on any atom is -0.323 e. The Balaban J connectivity index is 0.000000810. The highest BCUT2D eigenvalue weighted by Crippen LogP contribution is 2.11. The molecule has 2 nitrogen and oxygen atoms in total. The molecule has 1 rings (SSSR count). The van der Waals surface area contributed by atoms with Gasteiger partial charge in [-0.1, -0.05) is 24.3 Å². The summed E-state index contributed by atoms with van der Waals surface area (Å²) in [6.07, 6.45) is 7.65. The number of hydrogen-bond donors (Lipinski definition) is 2. The molecule has 0 aromatic heterocycles. The summed E-state index contributed by atoms with van der Waals surface area (Å²) in [4.78, 5) is 0. The van der Waals surface area contributed by atoms with Crippen LogP contribution in [-0.4, -0.2) is 11.6 Å². The van der Waals surface area contributed by atoms with E-state index in [1.807, 2.05) is 31.2 Å². The summed E-state index contributed by atoms with van der Waals surface area (Å²) in [5, 5.41) is 0. The van der Waals surface area contributed by atoms with Crippen molar-refractivity contribution in [3.63, 3.8) is 0 Å². The summed E-state index contributed by atoms with van der Waals surface area (Å²) in [5.41, 5.74) is 11.1. The van der Waals surface area contributed by atoms with Crippen LogP contribution in [-0.2, 0) is 0 Å². The quantitative estimate of drug-likeness (QED) is 0.545. The molecule has 0 aromatic carbocycles. The average Bonchev–Trinajstić information content (AvgIpc) is 1.77. The number of nitrogens with two attached hydrogens (primary N) is 2. The Kier molecular flexibility index (Phi) is 3.09. The Morgan fingerprint density at radius 2 is 2.00 bits per heavy atom. The van der Waals surface area contributed by atoms with Crippen molar-refractivity contribution in [3.8, 4) is 0 Å². The maximum absolute atomic E-state index is 5.76. The van der Waals surface area contributed by atoms with Crippen LogP contribution in [0, 0.1) is 0 Å². The number of rotatable bonds is 0. The van der Waals surface area contributed by atoms with Crippen molar-refractivity contribution in [3.05, 3.63) is 24.3 Å². The molecule has 58 valence electrons. The SMILES string of the molecule is CC1(N)C=CC=CC1N.Cl. The zero-order valence-electron chi connectivity index (χ0n) is 5.95. The van der Waals surface area contributed by atoms with Gasteiger partial charge < -0.3 is 11.5 Å². The van der Waals surface area contributed by atoms with Gasteiger partial charge in [0.2, 0.25) is 0 Å². The summed E-state index contributed by atoms with van der Waals surface area (Å²) in [6.45, 7) is 1.91. The fourth-order valence-electron chi connectivity index (χ4n) is 0.765. The van der Waals surface area contributed by atoms with Gasteiger partial charge >= 0.3 is 0 Å². The Labute approximate surface area is 67.4 Å². The lowest BCUT2D eigenvalue weighted by Gasteiger charge is -2.27. The van der Waals surface area contributed by atoms with E-state index in [4.69, 9.17) is 11.5 Å². The molecule has 4 N–H and O–H groups in total. The van der Waals surface area contributed by atoms with Crippen molar-refractivity contribution < 1.29 is 0 Å². The predicted molar refractivity (Wildman–Crippen MR) is 46.1 cm³/mol. The van der Waals surface area contributed by atoms with Crippen LogP contribution in [0.2, 0.25) is 0 Å². The lowest BCUT2D eigenvalue weighted by atomic mass is 9.90. The van der Waals surface area contributed by atoms with Crippen molar-refractivity contribution in [1.29, 1.82) is 0 Å². The molecule has 0 fully saturated rings. The van der Waals surface area contributed by atoms with E-state index in [1.54, 1.807) is 0 Å². The molecule has 3 heteroatoms. The third kappa shape index (κ3) is 1.84. The van der Waals surface area contributed by atoms with E-state index in [-0.39, 0.29) is 24.0 Å². The molecule has 0 aromatic rings. The van der Waals surface area contributed by atoms with Crippen LogP contribution in [0.15, 0.2) is 24.3 Å². The van der Waals surface area contributed by atoms with Crippen molar-refractivity contribution >= 4 is 12.4 Å². The summed E-state index contributed by atoms with van der Waals surface area (Å²) < 4.78 is 0. The Hall–Kier alpha value is -0.310. The van der Waals surface area contributed by atoms with Crippen LogP contribution in [0.4, 0.5) is 0 Å². The van der Waals surface area contributed by atoms with Crippen LogP contribution in [0.1, 0.15) is 6.92 Å². The van der Waals surface area contributed by atoms with Gasteiger partial charge in [0.05, 0.1) is 5.54 Å². The Morgan fingerprint density at radius 3 is 2.30 bits per heavy atom. The maximum Gasteiger partial charge on any atom is 0.0503 e. The lowest BCUT2D eigenvalue weighted by Crippen LogP contribution is -2.51. The second kappa shape index (κ2) is 3.19. The number of hydrogen-bond acceptors (Lipinski definition) is 2. The second-order valence-corrected chi connectivity index (χ2v) is 2.64. The molecule has 0 spiro atoms. The number of halogens is 1. The van der Waals surface area contributed by atoms with Crippen LogP contribution in [0.5, 0.6) is 0 Å². The topological polar surface area (TPSA) is 52.0 Å². The van der Waals surface area contributed by atoms with Crippen molar-refractivity contribution in [2.45, 2.75) is 18.5 Å². The van der Waals surface area contributed by atoms with Crippen LogP contribution in [0.3, 0.4) is 0 Å². The summed E-state index contributed by atoms with van der Waals surface area (Å²) in [7, 11) is 0. The van der Waals surface area contributed by atoms with Gasteiger partial charge in [0.25, 0.3) is 0 Å². The summed E-state index contributed by atoms with van der Waals surface area (Å²) in [5.74, 6) is 0. The van der Waals surface area contributed by atoms with Crippen LogP contribution >= 0.6 is 12.4 Å². The van der Waals surface area contributed by atoms with Gasteiger partial charge in [-0.15, -0.1) is 12.4 Å². The highest BCUT2D eigenvalue weighted by molar-refractivity contribution is 5.85. The molecule has 0 amide bonds. The zero-order chi connectivity index (χ0) is 6.91. The highest BCUT2D eigenvalue weighted by Gasteiger charge is 2.22. The normalized spacial score (nSPS) is 37.3.